The van der Waals surface area contributed by atoms with Gasteiger partial charge in [-0.25, -0.2) is 4.68 Å². The van der Waals surface area contributed by atoms with Crippen molar-refractivity contribution in [1.29, 1.82) is 0 Å². The molecule has 5 nitrogen and oxygen atoms in total. The van der Waals surface area contributed by atoms with E-state index in [1.807, 2.05) is 42.5 Å². The molecule has 1 amide bonds. The molecule has 0 aliphatic heterocycles. The van der Waals surface area contributed by atoms with E-state index in [4.69, 9.17) is 0 Å². The van der Waals surface area contributed by atoms with Crippen molar-refractivity contribution < 1.29 is 4.79 Å². The van der Waals surface area contributed by atoms with Crippen LogP contribution in [0.2, 0.25) is 0 Å². The Morgan fingerprint density at radius 1 is 1.09 bits per heavy atom. The van der Waals surface area contributed by atoms with Crippen LogP contribution in [0.25, 0.3) is 10.8 Å². The summed E-state index contributed by atoms with van der Waals surface area (Å²) in [5.74, 6) is -0.198. The Morgan fingerprint density at radius 3 is 2.55 bits per heavy atom. The van der Waals surface area contributed by atoms with Gasteiger partial charge in [0, 0.05) is 18.1 Å². The highest BCUT2D eigenvalue weighted by atomic mass is 16.2. The molecule has 0 aliphatic carbocycles. The first-order chi connectivity index (χ1) is 10.7. The van der Waals surface area contributed by atoms with Gasteiger partial charge in [0.25, 0.3) is 5.56 Å². The summed E-state index contributed by atoms with van der Waals surface area (Å²) in [4.78, 5) is 26.2. The maximum absolute atomic E-state index is 12.4. The average Bonchev–Trinajstić information content (AvgIpc) is 2.57. The van der Waals surface area contributed by atoms with E-state index in [-0.39, 0.29) is 18.0 Å². The fraction of sp³-hybridized carbons (Fsp3) is 0.118. The number of likely N-dealkylation sites (N-methyl/N-ethyl adjacent to an activating group) is 1. The molecule has 0 unspecified atom stereocenters. The van der Waals surface area contributed by atoms with E-state index >= 15 is 0 Å². The largest absolute Gasteiger partial charge is 0.314 e. The fourth-order valence-corrected chi connectivity index (χ4v) is 2.27. The molecule has 2 aromatic carbocycles. The van der Waals surface area contributed by atoms with Crippen molar-refractivity contribution in [1.82, 2.24) is 9.78 Å². The third-order valence-electron chi connectivity index (χ3n) is 3.56. The lowest BCUT2D eigenvalue weighted by Crippen LogP contribution is -2.35. The smallest absolute Gasteiger partial charge is 0.275 e. The molecular formula is C17H15N3O2. The number of hydrogen-bond acceptors (Lipinski definition) is 3. The predicted molar refractivity (Wildman–Crippen MR) is 85.9 cm³/mol. The average molecular weight is 293 g/mol. The number of para-hydroxylation sites is 1. The molecule has 0 aliphatic rings. The van der Waals surface area contributed by atoms with Crippen molar-refractivity contribution in [2.75, 3.05) is 11.9 Å². The molecule has 1 aromatic heterocycles. The van der Waals surface area contributed by atoms with E-state index in [1.54, 1.807) is 25.4 Å². The molecule has 22 heavy (non-hydrogen) atoms. The van der Waals surface area contributed by atoms with Gasteiger partial charge in [-0.1, -0.05) is 36.4 Å². The van der Waals surface area contributed by atoms with Gasteiger partial charge in [0.2, 0.25) is 5.91 Å². The number of nitrogens with zero attached hydrogens (tertiary/aromatic N) is 3. The fourth-order valence-electron chi connectivity index (χ4n) is 2.27. The van der Waals surface area contributed by atoms with Crippen LogP contribution >= 0.6 is 0 Å². The first-order valence-electron chi connectivity index (χ1n) is 6.93. The Morgan fingerprint density at radius 2 is 1.77 bits per heavy atom. The Kier molecular flexibility index (Phi) is 3.70. The lowest BCUT2D eigenvalue weighted by atomic mass is 10.2. The lowest BCUT2D eigenvalue weighted by molar-refractivity contribution is -0.119. The molecule has 5 heteroatoms. The van der Waals surface area contributed by atoms with Crippen molar-refractivity contribution >= 4 is 22.4 Å². The van der Waals surface area contributed by atoms with Crippen LogP contribution in [0.1, 0.15) is 0 Å². The van der Waals surface area contributed by atoms with Crippen LogP contribution in [0.5, 0.6) is 0 Å². The minimum atomic E-state index is -0.257. The number of benzene rings is 2. The van der Waals surface area contributed by atoms with Gasteiger partial charge in [0.05, 0.1) is 11.6 Å². The second-order valence-electron chi connectivity index (χ2n) is 4.98. The van der Waals surface area contributed by atoms with E-state index in [2.05, 4.69) is 5.10 Å². The molecule has 0 bridgehead atoms. The van der Waals surface area contributed by atoms with Crippen LogP contribution in [0, 0.1) is 0 Å². The quantitative estimate of drug-likeness (QED) is 0.742. The van der Waals surface area contributed by atoms with Crippen LogP contribution in [-0.2, 0) is 11.3 Å². The highest BCUT2D eigenvalue weighted by Gasteiger charge is 2.13. The molecule has 0 saturated carbocycles. The maximum Gasteiger partial charge on any atom is 0.275 e. The summed E-state index contributed by atoms with van der Waals surface area (Å²) < 4.78 is 1.20. The van der Waals surface area contributed by atoms with Gasteiger partial charge in [0.1, 0.15) is 6.54 Å². The monoisotopic (exact) mass is 293 g/mol. The highest BCUT2D eigenvalue weighted by Crippen LogP contribution is 2.11. The summed E-state index contributed by atoms with van der Waals surface area (Å²) >= 11 is 0. The van der Waals surface area contributed by atoms with E-state index in [0.717, 1.165) is 11.1 Å². The summed E-state index contributed by atoms with van der Waals surface area (Å²) in [5, 5.41) is 5.41. The number of rotatable bonds is 3. The molecule has 0 spiro atoms. The molecule has 0 atom stereocenters. The molecule has 0 saturated heterocycles. The topological polar surface area (TPSA) is 55.2 Å². The van der Waals surface area contributed by atoms with Gasteiger partial charge in [0.15, 0.2) is 0 Å². The standard InChI is InChI=1S/C17H15N3O2/c1-19(14-8-3-2-4-9-14)16(21)12-20-17(22)15-10-6-5-7-13(15)11-18-20/h2-11H,12H2,1H3. The number of hydrogen-bond donors (Lipinski definition) is 0. The van der Waals surface area contributed by atoms with Gasteiger partial charge in [-0.05, 0) is 18.2 Å². The molecule has 0 N–H and O–H groups in total. The van der Waals surface area contributed by atoms with Crippen LogP contribution in [0.15, 0.2) is 65.6 Å². The summed E-state index contributed by atoms with van der Waals surface area (Å²) in [6.45, 7) is -0.0882. The van der Waals surface area contributed by atoms with E-state index < -0.39 is 0 Å². The van der Waals surface area contributed by atoms with E-state index in [9.17, 15) is 9.59 Å². The zero-order valence-electron chi connectivity index (χ0n) is 12.1. The Hall–Kier alpha value is -2.95. The van der Waals surface area contributed by atoms with Crippen LogP contribution < -0.4 is 10.5 Å². The number of fused-ring (bicyclic) bond motifs is 1. The third kappa shape index (κ3) is 2.61. The minimum absolute atomic E-state index is 0.0882. The van der Waals surface area contributed by atoms with Crippen molar-refractivity contribution in [3.05, 3.63) is 71.1 Å². The molecule has 0 radical (unpaired) electrons. The van der Waals surface area contributed by atoms with E-state index in [0.29, 0.717) is 5.39 Å². The highest BCUT2D eigenvalue weighted by molar-refractivity contribution is 5.92. The summed E-state index contributed by atoms with van der Waals surface area (Å²) in [6.07, 6.45) is 1.60. The van der Waals surface area contributed by atoms with Gasteiger partial charge in [-0.2, -0.15) is 5.10 Å². The minimum Gasteiger partial charge on any atom is -0.314 e. The molecule has 3 aromatic rings. The van der Waals surface area contributed by atoms with Crippen molar-refractivity contribution in [3.8, 4) is 0 Å². The number of carbonyl (C=O) groups is 1. The molecule has 3 rings (SSSR count). The predicted octanol–water partition coefficient (Wildman–Crippen LogP) is 2.06. The number of amides is 1. The lowest BCUT2D eigenvalue weighted by Gasteiger charge is -2.17. The van der Waals surface area contributed by atoms with Gasteiger partial charge < -0.3 is 4.90 Å². The third-order valence-corrected chi connectivity index (χ3v) is 3.56. The van der Waals surface area contributed by atoms with Crippen molar-refractivity contribution in [2.45, 2.75) is 6.54 Å². The molecular weight excluding hydrogens is 278 g/mol. The van der Waals surface area contributed by atoms with Gasteiger partial charge >= 0.3 is 0 Å². The summed E-state index contributed by atoms with van der Waals surface area (Å²) in [5.41, 5.74) is 0.522. The summed E-state index contributed by atoms with van der Waals surface area (Å²) in [6, 6.07) is 16.5. The van der Waals surface area contributed by atoms with Crippen molar-refractivity contribution in [2.24, 2.45) is 0 Å². The second-order valence-corrected chi connectivity index (χ2v) is 4.98. The normalized spacial score (nSPS) is 10.6. The molecule has 110 valence electrons. The first kappa shape index (κ1) is 14.0. The number of aromatic nitrogens is 2. The molecule has 1 heterocycles. The first-order valence-corrected chi connectivity index (χ1v) is 6.93. The zero-order valence-corrected chi connectivity index (χ0v) is 12.1. The van der Waals surface area contributed by atoms with Gasteiger partial charge in [-0.15, -0.1) is 0 Å². The second kappa shape index (κ2) is 5.81. The summed E-state index contributed by atoms with van der Waals surface area (Å²) in [7, 11) is 1.68. The van der Waals surface area contributed by atoms with Crippen LogP contribution in [0.3, 0.4) is 0 Å². The Labute approximate surface area is 127 Å². The van der Waals surface area contributed by atoms with Crippen LogP contribution in [-0.4, -0.2) is 22.7 Å². The molecule has 0 fully saturated rings. The van der Waals surface area contributed by atoms with Gasteiger partial charge in [-0.3, -0.25) is 9.59 Å². The zero-order chi connectivity index (χ0) is 15.5. The SMILES string of the molecule is CN(C(=O)Cn1ncc2ccccc2c1=O)c1ccccc1. The maximum atomic E-state index is 12.4. The number of carbonyl (C=O) groups excluding carboxylic acids is 1. The van der Waals surface area contributed by atoms with Crippen LogP contribution in [0.4, 0.5) is 5.69 Å². The Bertz CT molecular complexity index is 872. The Balaban J connectivity index is 1.89. The van der Waals surface area contributed by atoms with Crippen molar-refractivity contribution in [3.63, 3.8) is 0 Å². The van der Waals surface area contributed by atoms with E-state index in [1.165, 1.54) is 9.58 Å². The number of anilines is 1.